The molecule has 0 saturated carbocycles. The Kier molecular flexibility index (Phi) is 7.62. The van der Waals surface area contributed by atoms with Crippen LogP contribution in [0.1, 0.15) is 44.4 Å². The van der Waals surface area contributed by atoms with Crippen molar-refractivity contribution in [3.05, 3.63) is 58.1 Å². The summed E-state index contributed by atoms with van der Waals surface area (Å²) in [6, 6.07) is 13.3. The van der Waals surface area contributed by atoms with Crippen molar-refractivity contribution >= 4 is 21.8 Å². The minimum Gasteiger partial charge on any atom is -0.497 e. The van der Waals surface area contributed by atoms with Crippen molar-refractivity contribution in [1.82, 2.24) is 10.6 Å². The molecule has 31 heavy (non-hydrogen) atoms. The summed E-state index contributed by atoms with van der Waals surface area (Å²) in [6.07, 6.45) is 0.502. The molecule has 1 aliphatic heterocycles. The molecule has 0 unspecified atom stereocenters. The Morgan fingerprint density at radius 1 is 1.32 bits per heavy atom. The lowest BCUT2D eigenvalue weighted by atomic mass is 9.89. The molecule has 1 amide bonds. The van der Waals surface area contributed by atoms with Crippen LogP contribution < -0.4 is 20.1 Å². The minimum atomic E-state index is -0.767. The SMILES string of the molecule is COc1cccc(C[C@H](NC(C)=O)[C@H](O)CN[C@H]2CC(C)(C)Oc3ccc(Br)cc32)c1. The fraction of sp³-hybridized carbons (Fsp3) is 0.458. The summed E-state index contributed by atoms with van der Waals surface area (Å²) >= 11 is 3.54. The predicted octanol–water partition coefficient (Wildman–Crippen LogP) is 3.76. The van der Waals surface area contributed by atoms with E-state index in [1.54, 1.807) is 7.11 Å². The molecule has 0 aliphatic carbocycles. The van der Waals surface area contributed by atoms with Crippen molar-refractivity contribution in [2.24, 2.45) is 0 Å². The standard InChI is InChI=1S/C24H31BrN2O4/c1-15(28)27-20(11-16-6-5-7-18(10-16)30-4)22(29)14-26-21-13-24(2,3)31-23-9-8-17(25)12-19(21)23/h5-10,12,20-22,26,29H,11,13-14H2,1-4H3,(H,27,28)/t20-,21-,22+/m0/s1. The second kappa shape index (κ2) is 10.0. The number of benzene rings is 2. The van der Waals surface area contributed by atoms with E-state index < -0.39 is 12.1 Å². The molecule has 6 nitrogen and oxygen atoms in total. The zero-order valence-electron chi connectivity index (χ0n) is 18.4. The smallest absolute Gasteiger partial charge is 0.217 e. The number of rotatable bonds is 8. The molecule has 0 fully saturated rings. The molecule has 1 heterocycles. The van der Waals surface area contributed by atoms with Gasteiger partial charge in [-0.15, -0.1) is 0 Å². The molecular weight excluding hydrogens is 460 g/mol. The van der Waals surface area contributed by atoms with Gasteiger partial charge >= 0.3 is 0 Å². The van der Waals surface area contributed by atoms with Crippen molar-refractivity contribution in [3.8, 4) is 11.5 Å². The number of hydrogen-bond acceptors (Lipinski definition) is 5. The molecule has 3 rings (SSSR count). The van der Waals surface area contributed by atoms with E-state index in [1.165, 1.54) is 6.92 Å². The highest BCUT2D eigenvalue weighted by Gasteiger charge is 2.34. The van der Waals surface area contributed by atoms with E-state index in [2.05, 4.69) is 46.5 Å². The van der Waals surface area contributed by atoms with Gasteiger partial charge in [-0.25, -0.2) is 0 Å². The largest absolute Gasteiger partial charge is 0.497 e. The number of methoxy groups -OCH3 is 1. The van der Waals surface area contributed by atoms with Crippen molar-refractivity contribution in [2.75, 3.05) is 13.7 Å². The molecule has 2 aromatic rings. The van der Waals surface area contributed by atoms with Crippen LogP contribution in [-0.2, 0) is 11.2 Å². The molecule has 0 aromatic heterocycles. The van der Waals surface area contributed by atoms with Gasteiger partial charge in [-0.05, 0) is 56.2 Å². The van der Waals surface area contributed by atoms with Crippen molar-refractivity contribution in [3.63, 3.8) is 0 Å². The summed E-state index contributed by atoms with van der Waals surface area (Å²) in [7, 11) is 1.62. The first-order chi connectivity index (χ1) is 14.7. The number of hydrogen-bond donors (Lipinski definition) is 3. The van der Waals surface area contributed by atoms with E-state index >= 15 is 0 Å². The van der Waals surface area contributed by atoms with Gasteiger partial charge in [0.15, 0.2) is 0 Å². The molecule has 2 aromatic carbocycles. The Hall–Kier alpha value is -2.09. The van der Waals surface area contributed by atoms with Gasteiger partial charge in [0.25, 0.3) is 0 Å². The van der Waals surface area contributed by atoms with E-state index in [-0.39, 0.29) is 17.6 Å². The molecule has 1 aliphatic rings. The van der Waals surface area contributed by atoms with Gasteiger partial charge in [0, 0.05) is 36.0 Å². The van der Waals surface area contributed by atoms with E-state index in [1.807, 2.05) is 36.4 Å². The summed E-state index contributed by atoms with van der Waals surface area (Å²) in [6.45, 7) is 5.92. The Labute approximate surface area is 192 Å². The molecule has 0 saturated heterocycles. The van der Waals surface area contributed by atoms with Crippen LogP contribution in [0.5, 0.6) is 11.5 Å². The van der Waals surface area contributed by atoms with Gasteiger partial charge in [-0.2, -0.15) is 0 Å². The van der Waals surface area contributed by atoms with Crippen LogP contribution in [-0.4, -0.2) is 42.4 Å². The number of aliphatic hydroxyl groups is 1. The molecule has 0 radical (unpaired) electrons. The van der Waals surface area contributed by atoms with Crippen LogP contribution in [0.3, 0.4) is 0 Å². The molecule has 7 heteroatoms. The fourth-order valence-corrected chi connectivity index (χ4v) is 4.39. The van der Waals surface area contributed by atoms with Crippen LogP contribution in [0.15, 0.2) is 46.9 Å². The van der Waals surface area contributed by atoms with Gasteiger partial charge in [-0.1, -0.05) is 28.1 Å². The Morgan fingerprint density at radius 2 is 2.10 bits per heavy atom. The lowest BCUT2D eigenvalue weighted by Gasteiger charge is -2.38. The number of carbonyl (C=O) groups excluding carboxylic acids is 1. The zero-order chi connectivity index (χ0) is 22.6. The number of fused-ring (bicyclic) bond motifs is 1. The van der Waals surface area contributed by atoms with Gasteiger partial charge in [0.1, 0.15) is 17.1 Å². The average Bonchev–Trinajstić information content (AvgIpc) is 2.71. The second-order valence-corrected chi connectivity index (χ2v) is 9.55. The Bertz CT molecular complexity index is 918. The first kappa shape index (κ1) is 23.6. The van der Waals surface area contributed by atoms with Crippen molar-refractivity contribution < 1.29 is 19.4 Å². The van der Waals surface area contributed by atoms with E-state index in [0.717, 1.165) is 33.5 Å². The number of aliphatic hydroxyl groups excluding tert-OH is 1. The molecule has 0 bridgehead atoms. The first-order valence-corrected chi connectivity index (χ1v) is 11.3. The number of carbonyl (C=O) groups is 1. The summed E-state index contributed by atoms with van der Waals surface area (Å²) in [5.74, 6) is 1.42. The zero-order valence-corrected chi connectivity index (χ0v) is 20.0. The lowest BCUT2D eigenvalue weighted by Crippen LogP contribution is -2.49. The maximum absolute atomic E-state index is 11.8. The van der Waals surface area contributed by atoms with Crippen LogP contribution in [0.2, 0.25) is 0 Å². The van der Waals surface area contributed by atoms with Gasteiger partial charge < -0.3 is 25.2 Å². The van der Waals surface area contributed by atoms with Crippen LogP contribution >= 0.6 is 15.9 Å². The highest BCUT2D eigenvalue weighted by molar-refractivity contribution is 9.10. The van der Waals surface area contributed by atoms with Crippen LogP contribution in [0.4, 0.5) is 0 Å². The Balaban J connectivity index is 1.72. The molecular formula is C24H31BrN2O4. The van der Waals surface area contributed by atoms with Crippen LogP contribution in [0, 0.1) is 0 Å². The number of nitrogens with one attached hydrogen (secondary N) is 2. The van der Waals surface area contributed by atoms with Gasteiger partial charge in [0.2, 0.25) is 5.91 Å². The fourth-order valence-electron chi connectivity index (χ4n) is 4.01. The van der Waals surface area contributed by atoms with Gasteiger partial charge in [-0.3, -0.25) is 4.79 Å². The second-order valence-electron chi connectivity index (χ2n) is 8.64. The van der Waals surface area contributed by atoms with Crippen molar-refractivity contribution in [1.29, 1.82) is 0 Å². The number of ether oxygens (including phenoxy) is 2. The summed E-state index contributed by atoms with van der Waals surface area (Å²) < 4.78 is 12.4. The number of amides is 1. The lowest BCUT2D eigenvalue weighted by molar-refractivity contribution is -0.120. The van der Waals surface area contributed by atoms with E-state index in [0.29, 0.717) is 13.0 Å². The number of halogens is 1. The van der Waals surface area contributed by atoms with Crippen molar-refractivity contribution in [2.45, 2.75) is 57.4 Å². The van der Waals surface area contributed by atoms with E-state index in [4.69, 9.17) is 9.47 Å². The van der Waals surface area contributed by atoms with E-state index in [9.17, 15) is 9.90 Å². The highest BCUT2D eigenvalue weighted by atomic mass is 79.9. The maximum atomic E-state index is 11.8. The average molecular weight is 491 g/mol. The highest BCUT2D eigenvalue weighted by Crippen LogP contribution is 2.40. The quantitative estimate of drug-likeness (QED) is 0.524. The molecule has 3 atom stereocenters. The monoisotopic (exact) mass is 490 g/mol. The third-order valence-corrected chi connectivity index (χ3v) is 5.94. The summed E-state index contributed by atoms with van der Waals surface area (Å²) in [5, 5.41) is 17.4. The summed E-state index contributed by atoms with van der Waals surface area (Å²) in [5.41, 5.74) is 1.73. The first-order valence-electron chi connectivity index (χ1n) is 10.5. The predicted molar refractivity (Wildman–Crippen MR) is 125 cm³/mol. The molecule has 3 N–H and O–H groups in total. The Morgan fingerprint density at radius 3 is 2.81 bits per heavy atom. The third-order valence-electron chi connectivity index (χ3n) is 5.45. The topological polar surface area (TPSA) is 79.8 Å². The normalized spacial score (nSPS) is 19.0. The molecule has 168 valence electrons. The van der Waals surface area contributed by atoms with Crippen LogP contribution in [0.25, 0.3) is 0 Å². The molecule has 0 spiro atoms. The summed E-state index contributed by atoms with van der Waals surface area (Å²) in [4.78, 5) is 11.8. The minimum absolute atomic E-state index is 0.0284. The maximum Gasteiger partial charge on any atom is 0.217 e. The third kappa shape index (κ3) is 6.45. The van der Waals surface area contributed by atoms with Gasteiger partial charge in [0.05, 0.1) is 19.3 Å².